The second-order valence-electron chi connectivity index (χ2n) is 8.46. The van der Waals surface area contributed by atoms with Crippen LogP contribution in [0.5, 0.6) is 5.75 Å². The molecule has 0 bridgehead atoms. The van der Waals surface area contributed by atoms with E-state index in [2.05, 4.69) is 9.62 Å². The van der Waals surface area contributed by atoms with Gasteiger partial charge in [-0.15, -0.1) is 0 Å². The number of nitrogens with one attached hydrogen (secondary N) is 1. The number of rotatable bonds is 6. The highest BCUT2D eigenvalue weighted by Crippen LogP contribution is 2.55. The molecule has 31 heavy (non-hydrogen) atoms. The Kier molecular flexibility index (Phi) is 4.71. The minimum Gasteiger partial charge on any atom is -0.492 e. The van der Waals surface area contributed by atoms with Gasteiger partial charge in [-0.25, -0.2) is 17.6 Å². The van der Waals surface area contributed by atoms with Crippen molar-refractivity contribution < 1.29 is 27.4 Å². The summed E-state index contributed by atoms with van der Waals surface area (Å²) in [5, 5.41) is 9.80. The fraction of sp³-hybridized carbons (Fsp3) is 0.409. The van der Waals surface area contributed by atoms with Gasteiger partial charge in [0.05, 0.1) is 17.2 Å². The van der Waals surface area contributed by atoms with Gasteiger partial charge in [0.15, 0.2) is 0 Å². The fourth-order valence-corrected chi connectivity index (χ4v) is 6.01. The van der Waals surface area contributed by atoms with Gasteiger partial charge < -0.3 is 14.7 Å². The molecule has 0 amide bonds. The molecule has 0 aromatic heterocycles. The molecule has 164 valence electrons. The van der Waals surface area contributed by atoms with Crippen LogP contribution in [0.4, 0.5) is 10.1 Å². The fourth-order valence-electron chi connectivity index (χ4n) is 4.65. The van der Waals surface area contributed by atoms with Crippen LogP contribution in [0.1, 0.15) is 46.7 Å². The van der Waals surface area contributed by atoms with Crippen molar-refractivity contribution in [2.24, 2.45) is 5.92 Å². The van der Waals surface area contributed by atoms with Gasteiger partial charge in [0.25, 0.3) is 10.0 Å². The zero-order valence-electron chi connectivity index (χ0n) is 17.0. The third-order valence-electron chi connectivity index (χ3n) is 6.52. The molecule has 2 aliphatic heterocycles. The Bertz CT molecular complexity index is 1180. The summed E-state index contributed by atoms with van der Waals surface area (Å²) < 4.78 is 48.6. The smallest absolute Gasteiger partial charge is 0.341 e. The Labute approximate surface area is 179 Å². The molecule has 2 aromatic carbocycles. The number of fused-ring (bicyclic) bond motifs is 3. The number of anilines is 1. The van der Waals surface area contributed by atoms with Crippen molar-refractivity contribution in [3.05, 3.63) is 52.8 Å². The molecule has 2 N–H and O–H groups in total. The van der Waals surface area contributed by atoms with E-state index < -0.39 is 21.8 Å². The van der Waals surface area contributed by atoms with Gasteiger partial charge in [0.2, 0.25) is 0 Å². The number of likely N-dealkylation sites (tertiary alicyclic amines) is 1. The summed E-state index contributed by atoms with van der Waals surface area (Å²) in [5.74, 6) is -0.940. The number of aromatic carboxylic acids is 1. The minimum atomic E-state index is -4.15. The SMILES string of the molecule is CCN1CC(c2cc(F)ccc2S(=O)(=O)Nc2ccc3c(c2C(=O)O)OCC2C[C@H]32)C1. The van der Waals surface area contributed by atoms with Crippen LogP contribution in [0.2, 0.25) is 0 Å². The van der Waals surface area contributed by atoms with Gasteiger partial charge in [-0.05, 0) is 54.3 Å². The average Bonchev–Trinajstić information content (AvgIpc) is 3.46. The van der Waals surface area contributed by atoms with Gasteiger partial charge in [-0.3, -0.25) is 4.72 Å². The Morgan fingerprint density at radius 2 is 2.03 bits per heavy atom. The normalized spacial score (nSPS) is 22.6. The third-order valence-corrected chi connectivity index (χ3v) is 7.96. The zero-order valence-corrected chi connectivity index (χ0v) is 17.8. The van der Waals surface area contributed by atoms with Crippen LogP contribution in [0.3, 0.4) is 0 Å². The van der Waals surface area contributed by atoms with Crippen LogP contribution in [-0.2, 0) is 10.0 Å². The highest BCUT2D eigenvalue weighted by molar-refractivity contribution is 7.92. The van der Waals surface area contributed by atoms with Crippen molar-refractivity contribution in [1.82, 2.24) is 4.90 Å². The third kappa shape index (κ3) is 3.45. The molecule has 5 rings (SSSR count). The molecular formula is C22H23FN2O5S. The maximum Gasteiger partial charge on any atom is 0.341 e. The number of hydrogen-bond donors (Lipinski definition) is 2. The Balaban J connectivity index is 1.52. The lowest BCUT2D eigenvalue weighted by molar-refractivity contribution is 0.0692. The molecule has 7 nitrogen and oxygen atoms in total. The predicted molar refractivity (Wildman–Crippen MR) is 112 cm³/mol. The number of nitrogens with zero attached hydrogens (tertiary/aromatic N) is 1. The molecule has 3 aliphatic rings. The molecule has 2 aromatic rings. The highest BCUT2D eigenvalue weighted by atomic mass is 32.2. The number of hydrogen-bond acceptors (Lipinski definition) is 5. The van der Waals surface area contributed by atoms with E-state index in [1.807, 2.05) is 6.92 Å². The van der Waals surface area contributed by atoms with E-state index in [0.717, 1.165) is 24.6 Å². The van der Waals surface area contributed by atoms with Crippen molar-refractivity contribution in [1.29, 1.82) is 0 Å². The number of sulfonamides is 1. The largest absolute Gasteiger partial charge is 0.492 e. The minimum absolute atomic E-state index is 0.0353. The van der Waals surface area contributed by atoms with Crippen LogP contribution < -0.4 is 9.46 Å². The molecule has 9 heteroatoms. The molecule has 1 saturated heterocycles. The first-order chi connectivity index (χ1) is 14.8. The number of carboxylic acids is 1. The standard InChI is InChI=1S/C22H23FN2O5S/c1-2-25-9-13(10-25)17-8-14(23)3-6-19(17)31(28,29)24-18-5-4-15-16-7-12(16)11-30-21(15)20(18)22(26)27/h3-6,8,12-13,16,24H,2,7,9-11H2,1H3,(H,26,27)/t12?,16-/m0/s1. The van der Waals surface area contributed by atoms with Crippen molar-refractivity contribution in [2.45, 2.75) is 30.1 Å². The molecule has 0 spiro atoms. The zero-order chi connectivity index (χ0) is 21.9. The lowest BCUT2D eigenvalue weighted by Gasteiger charge is -2.39. The Morgan fingerprint density at radius 3 is 2.74 bits per heavy atom. The highest BCUT2D eigenvalue weighted by Gasteiger charge is 2.45. The molecule has 1 unspecified atom stereocenters. The van der Waals surface area contributed by atoms with E-state index in [1.54, 1.807) is 6.07 Å². The topological polar surface area (TPSA) is 95.9 Å². The van der Waals surface area contributed by atoms with E-state index in [1.165, 1.54) is 18.2 Å². The van der Waals surface area contributed by atoms with Gasteiger partial charge in [0.1, 0.15) is 17.1 Å². The van der Waals surface area contributed by atoms with Crippen LogP contribution in [0, 0.1) is 11.7 Å². The van der Waals surface area contributed by atoms with Crippen molar-refractivity contribution in [3.8, 4) is 5.75 Å². The Hall–Kier alpha value is -2.65. The van der Waals surface area contributed by atoms with Gasteiger partial charge in [0, 0.05) is 24.9 Å². The number of likely N-dealkylation sites (N-methyl/N-ethyl adjacent to an activating group) is 1. The molecule has 1 aliphatic carbocycles. The maximum absolute atomic E-state index is 13.9. The number of ether oxygens (including phenoxy) is 1. The lowest BCUT2D eigenvalue weighted by Crippen LogP contribution is -2.45. The van der Waals surface area contributed by atoms with E-state index in [9.17, 15) is 22.7 Å². The summed E-state index contributed by atoms with van der Waals surface area (Å²) in [6.45, 7) is 4.59. The molecule has 2 atom stereocenters. The summed E-state index contributed by atoms with van der Waals surface area (Å²) in [4.78, 5) is 14.1. The molecule has 0 radical (unpaired) electrons. The first-order valence-electron chi connectivity index (χ1n) is 10.4. The number of halogens is 1. The number of carboxylic acid groups (broad SMARTS) is 1. The van der Waals surface area contributed by atoms with Gasteiger partial charge >= 0.3 is 5.97 Å². The summed E-state index contributed by atoms with van der Waals surface area (Å²) in [6.07, 6.45) is 0.951. The first-order valence-corrected chi connectivity index (χ1v) is 11.8. The van der Waals surface area contributed by atoms with Crippen LogP contribution in [-0.4, -0.2) is 50.6 Å². The monoisotopic (exact) mass is 446 g/mol. The van der Waals surface area contributed by atoms with Gasteiger partial charge in [-0.2, -0.15) is 0 Å². The first kappa shape index (κ1) is 20.3. The predicted octanol–water partition coefficient (Wildman–Crippen LogP) is 3.24. The summed E-state index contributed by atoms with van der Waals surface area (Å²) in [7, 11) is -4.15. The quantitative estimate of drug-likeness (QED) is 0.707. The van der Waals surface area contributed by atoms with Crippen LogP contribution in [0.15, 0.2) is 35.2 Å². The number of benzene rings is 2. The van der Waals surface area contributed by atoms with E-state index >= 15 is 0 Å². The van der Waals surface area contributed by atoms with E-state index in [4.69, 9.17) is 4.74 Å². The maximum atomic E-state index is 13.9. The summed E-state index contributed by atoms with van der Waals surface area (Å²) in [5.41, 5.74) is 0.984. The lowest BCUT2D eigenvalue weighted by atomic mass is 9.91. The summed E-state index contributed by atoms with van der Waals surface area (Å²) >= 11 is 0. The number of carbonyl (C=O) groups is 1. The molecular weight excluding hydrogens is 423 g/mol. The van der Waals surface area contributed by atoms with Crippen molar-refractivity contribution >= 4 is 21.7 Å². The van der Waals surface area contributed by atoms with Crippen molar-refractivity contribution in [2.75, 3.05) is 31.0 Å². The molecule has 1 saturated carbocycles. The van der Waals surface area contributed by atoms with E-state index in [-0.39, 0.29) is 33.7 Å². The second-order valence-corrected chi connectivity index (χ2v) is 10.1. The van der Waals surface area contributed by atoms with Crippen molar-refractivity contribution in [3.63, 3.8) is 0 Å². The average molecular weight is 447 g/mol. The van der Waals surface area contributed by atoms with E-state index in [0.29, 0.717) is 31.2 Å². The van der Waals surface area contributed by atoms with Crippen LogP contribution in [0.25, 0.3) is 0 Å². The molecule has 2 heterocycles. The van der Waals surface area contributed by atoms with Crippen LogP contribution >= 0.6 is 0 Å². The van der Waals surface area contributed by atoms with Gasteiger partial charge in [-0.1, -0.05) is 13.0 Å². The molecule has 2 fully saturated rings. The summed E-state index contributed by atoms with van der Waals surface area (Å²) in [6, 6.07) is 6.82. The Morgan fingerprint density at radius 1 is 1.26 bits per heavy atom. The second kappa shape index (κ2) is 7.20.